The topological polar surface area (TPSA) is 74.3 Å². The molecule has 0 spiro atoms. The van der Waals surface area contributed by atoms with Crippen LogP contribution >= 0.6 is 11.3 Å². The fourth-order valence-corrected chi connectivity index (χ4v) is 4.23. The first-order valence-electron chi connectivity index (χ1n) is 10.3. The highest BCUT2D eigenvalue weighted by molar-refractivity contribution is 7.21. The molecule has 2 N–H and O–H groups in total. The van der Waals surface area contributed by atoms with E-state index >= 15 is 0 Å². The molecule has 7 heteroatoms. The lowest BCUT2D eigenvalue weighted by atomic mass is 10.2. The number of rotatable bonds is 8. The van der Waals surface area contributed by atoms with Crippen molar-refractivity contribution < 1.29 is 9.59 Å². The summed E-state index contributed by atoms with van der Waals surface area (Å²) in [4.78, 5) is 31.1. The lowest BCUT2D eigenvalue weighted by molar-refractivity contribution is -0.136. The van der Waals surface area contributed by atoms with Crippen LogP contribution in [0.4, 0.5) is 5.69 Å². The molecule has 3 rings (SSSR count). The van der Waals surface area contributed by atoms with Crippen LogP contribution < -0.4 is 10.6 Å². The second-order valence-corrected chi connectivity index (χ2v) is 8.19. The number of aromatic nitrogens is 1. The zero-order valence-corrected chi connectivity index (χ0v) is 18.5. The Bertz CT molecular complexity index is 1010. The van der Waals surface area contributed by atoms with E-state index < -0.39 is 11.8 Å². The van der Waals surface area contributed by atoms with Gasteiger partial charge >= 0.3 is 11.8 Å². The SMILES string of the molecule is CCN(CC)CCCNC(=O)C(=O)Nc1ccc(-c2nc3ccc(C)cc3s2)cc1. The van der Waals surface area contributed by atoms with Gasteiger partial charge in [0.25, 0.3) is 0 Å². The fourth-order valence-electron chi connectivity index (χ4n) is 3.16. The van der Waals surface area contributed by atoms with Crippen molar-refractivity contribution in [1.29, 1.82) is 0 Å². The number of benzene rings is 2. The van der Waals surface area contributed by atoms with Gasteiger partial charge in [-0.05, 0) is 74.9 Å². The predicted octanol–water partition coefficient (Wildman–Crippen LogP) is 4.06. The van der Waals surface area contributed by atoms with Gasteiger partial charge in [-0.3, -0.25) is 9.59 Å². The molecular weight excluding hydrogens is 396 g/mol. The minimum Gasteiger partial charge on any atom is -0.348 e. The molecule has 0 atom stereocenters. The van der Waals surface area contributed by atoms with Crippen LogP contribution in [0.5, 0.6) is 0 Å². The molecule has 6 nitrogen and oxygen atoms in total. The smallest absolute Gasteiger partial charge is 0.313 e. The molecule has 0 unspecified atom stereocenters. The Kier molecular flexibility index (Phi) is 7.54. The average Bonchev–Trinajstić information content (AvgIpc) is 3.17. The van der Waals surface area contributed by atoms with Crippen LogP contribution in [0.3, 0.4) is 0 Å². The van der Waals surface area contributed by atoms with Gasteiger partial charge in [0.1, 0.15) is 5.01 Å². The molecule has 0 saturated heterocycles. The summed E-state index contributed by atoms with van der Waals surface area (Å²) in [5.74, 6) is -1.26. The molecule has 1 heterocycles. The lowest BCUT2D eigenvalue weighted by Crippen LogP contribution is -2.37. The molecule has 158 valence electrons. The Balaban J connectivity index is 1.53. The second kappa shape index (κ2) is 10.3. The summed E-state index contributed by atoms with van der Waals surface area (Å²) >= 11 is 1.64. The van der Waals surface area contributed by atoms with Gasteiger partial charge in [-0.2, -0.15) is 0 Å². The number of aryl methyl sites for hydroxylation is 1. The largest absolute Gasteiger partial charge is 0.348 e. The first kappa shape index (κ1) is 21.9. The standard InChI is InChI=1S/C23H28N4O2S/c1-4-27(5-2)14-6-13-24-21(28)22(29)25-18-10-8-17(9-11-18)23-26-19-12-7-16(3)15-20(19)30-23/h7-12,15H,4-6,13-14H2,1-3H3,(H,24,28)(H,25,29). The first-order chi connectivity index (χ1) is 14.5. The Morgan fingerprint density at radius 2 is 1.77 bits per heavy atom. The number of hydrogen-bond acceptors (Lipinski definition) is 5. The van der Waals surface area contributed by atoms with Crippen molar-refractivity contribution in [3.05, 3.63) is 48.0 Å². The number of fused-ring (bicyclic) bond motifs is 1. The van der Waals surface area contributed by atoms with Crippen LogP contribution in [-0.4, -0.2) is 47.9 Å². The zero-order valence-electron chi connectivity index (χ0n) is 17.7. The van der Waals surface area contributed by atoms with Gasteiger partial charge in [0, 0.05) is 17.8 Å². The Hall–Kier alpha value is -2.77. The summed E-state index contributed by atoms with van der Waals surface area (Å²) < 4.78 is 1.15. The predicted molar refractivity (Wildman–Crippen MR) is 124 cm³/mol. The lowest BCUT2D eigenvalue weighted by Gasteiger charge is -2.17. The highest BCUT2D eigenvalue weighted by Crippen LogP contribution is 2.31. The minimum atomic E-state index is -0.652. The van der Waals surface area contributed by atoms with Crippen LogP contribution in [0.1, 0.15) is 25.8 Å². The number of carbonyl (C=O) groups excluding carboxylic acids is 2. The van der Waals surface area contributed by atoms with Crippen LogP contribution in [-0.2, 0) is 9.59 Å². The van der Waals surface area contributed by atoms with Gasteiger partial charge in [-0.25, -0.2) is 4.98 Å². The van der Waals surface area contributed by atoms with Crippen LogP contribution in [0.2, 0.25) is 0 Å². The van der Waals surface area contributed by atoms with E-state index in [-0.39, 0.29) is 0 Å². The number of carbonyl (C=O) groups is 2. The van der Waals surface area contributed by atoms with Gasteiger partial charge in [-0.15, -0.1) is 11.3 Å². The third-order valence-electron chi connectivity index (χ3n) is 4.97. The molecule has 0 aliphatic carbocycles. The molecule has 0 bridgehead atoms. The molecule has 2 aromatic carbocycles. The van der Waals surface area contributed by atoms with Crippen molar-refractivity contribution in [2.45, 2.75) is 27.2 Å². The highest BCUT2D eigenvalue weighted by Gasteiger charge is 2.13. The molecule has 0 aliphatic rings. The number of amides is 2. The van der Waals surface area contributed by atoms with Crippen molar-refractivity contribution in [3.8, 4) is 10.6 Å². The van der Waals surface area contributed by atoms with Crippen molar-refractivity contribution in [2.75, 3.05) is 31.5 Å². The summed E-state index contributed by atoms with van der Waals surface area (Å²) in [6.07, 6.45) is 0.817. The third-order valence-corrected chi connectivity index (χ3v) is 6.04. The van der Waals surface area contributed by atoms with E-state index in [1.165, 1.54) is 5.56 Å². The van der Waals surface area contributed by atoms with Gasteiger partial charge < -0.3 is 15.5 Å². The normalized spacial score (nSPS) is 11.1. The quantitative estimate of drug-likeness (QED) is 0.422. The van der Waals surface area contributed by atoms with Gasteiger partial charge in [0.05, 0.1) is 10.2 Å². The van der Waals surface area contributed by atoms with Crippen LogP contribution in [0.25, 0.3) is 20.8 Å². The van der Waals surface area contributed by atoms with E-state index in [9.17, 15) is 9.59 Å². The number of thiazole rings is 1. The molecule has 3 aromatic rings. The number of nitrogens with one attached hydrogen (secondary N) is 2. The minimum absolute atomic E-state index is 0.485. The Morgan fingerprint density at radius 1 is 1.03 bits per heavy atom. The number of nitrogens with zero attached hydrogens (tertiary/aromatic N) is 2. The maximum Gasteiger partial charge on any atom is 0.313 e. The molecule has 0 aliphatic heterocycles. The fraction of sp³-hybridized carbons (Fsp3) is 0.348. The molecule has 0 fully saturated rings. The van der Waals surface area contributed by atoms with Crippen LogP contribution in [0.15, 0.2) is 42.5 Å². The summed E-state index contributed by atoms with van der Waals surface area (Å²) in [7, 11) is 0. The summed E-state index contributed by atoms with van der Waals surface area (Å²) in [6.45, 7) is 9.64. The molecular formula is C23H28N4O2S. The highest BCUT2D eigenvalue weighted by atomic mass is 32.1. The Morgan fingerprint density at radius 3 is 2.47 bits per heavy atom. The molecule has 0 radical (unpaired) electrons. The van der Waals surface area contributed by atoms with Gasteiger partial charge in [-0.1, -0.05) is 19.9 Å². The maximum absolute atomic E-state index is 12.1. The maximum atomic E-state index is 12.1. The van der Waals surface area contributed by atoms with Crippen molar-refractivity contribution in [3.63, 3.8) is 0 Å². The van der Waals surface area contributed by atoms with E-state index in [0.29, 0.717) is 12.2 Å². The average molecular weight is 425 g/mol. The Labute approximate surface area is 181 Å². The molecule has 0 saturated carbocycles. The van der Waals surface area contributed by atoms with E-state index in [4.69, 9.17) is 0 Å². The molecule has 1 aromatic heterocycles. The molecule has 2 amide bonds. The second-order valence-electron chi connectivity index (χ2n) is 7.16. The van der Waals surface area contributed by atoms with Gasteiger partial charge in [0.2, 0.25) is 0 Å². The van der Waals surface area contributed by atoms with E-state index in [2.05, 4.69) is 53.4 Å². The molecule has 30 heavy (non-hydrogen) atoms. The monoisotopic (exact) mass is 424 g/mol. The van der Waals surface area contributed by atoms with E-state index in [0.717, 1.165) is 46.8 Å². The van der Waals surface area contributed by atoms with Gasteiger partial charge in [0.15, 0.2) is 0 Å². The van der Waals surface area contributed by atoms with Crippen molar-refractivity contribution in [1.82, 2.24) is 15.2 Å². The van der Waals surface area contributed by atoms with E-state index in [1.807, 2.05) is 18.2 Å². The zero-order chi connectivity index (χ0) is 21.5. The van der Waals surface area contributed by atoms with Crippen molar-refractivity contribution in [2.24, 2.45) is 0 Å². The van der Waals surface area contributed by atoms with Crippen LogP contribution in [0, 0.1) is 6.92 Å². The van der Waals surface area contributed by atoms with Crippen molar-refractivity contribution >= 4 is 39.1 Å². The van der Waals surface area contributed by atoms with E-state index in [1.54, 1.807) is 23.5 Å². The summed E-state index contributed by atoms with van der Waals surface area (Å²) in [6, 6.07) is 13.6. The summed E-state index contributed by atoms with van der Waals surface area (Å²) in [5, 5.41) is 6.25. The summed E-state index contributed by atoms with van der Waals surface area (Å²) in [5.41, 5.74) is 3.75. The number of anilines is 1. The first-order valence-corrected chi connectivity index (χ1v) is 11.1. The number of hydrogen-bond donors (Lipinski definition) is 2. The third kappa shape index (κ3) is 5.64.